The molecule has 1 fully saturated rings. The number of nitrogens with zero attached hydrogens (tertiary/aromatic N) is 1. The summed E-state index contributed by atoms with van der Waals surface area (Å²) < 4.78 is 27.4. The standard InChI is InChI=1S/C13H19ClN2O2S/c1-9-3-4-12(10(2)7-9)16-19(17,18)11-5-6-15-13(14)8-11/h5-6,8-10,12,16H,3-4,7H2,1-2H3. The lowest BCUT2D eigenvalue weighted by atomic mass is 9.80. The van der Waals surface area contributed by atoms with Crippen molar-refractivity contribution in [1.82, 2.24) is 9.71 Å². The van der Waals surface area contributed by atoms with Gasteiger partial charge in [-0.1, -0.05) is 25.4 Å². The Kier molecular flexibility index (Phi) is 4.48. The highest BCUT2D eigenvalue weighted by Crippen LogP contribution is 2.29. The summed E-state index contributed by atoms with van der Waals surface area (Å²) in [5, 5.41) is 0.188. The van der Waals surface area contributed by atoms with Gasteiger partial charge in [-0.05, 0) is 43.2 Å². The summed E-state index contributed by atoms with van der Waals surface area (Å²) >= 11 is 5.74. The van der Waals surface area contributed by atoms with E-state index in [1.807, 2.05) is 0 Å². The Hall–Kier alpha value is -0.650. The summed E-state index contributed by atoms with van der Waals surface area (Å²) in [6.07, 6.45) is 4.42. The smallest absolute Gasteiger partial charge is 0.240 e. The molecular weight excluding hydrogens is 284 g/mol. The molecule has 0 radical (unpaired) electrons. The normalized spacial score (nSPS) is 28.3. The summed E-state index contributed by atoms with van der Waals surface area (Å²) in [7, 11) is -3.51. The van der Waals surface area contributed by atoms with Gasteiger partial charge in [0.15, 0.2) is 0 Å². The van der Waals surface area contributed by atoms with Crippen molar-refractivity contribution in [2.45, 2.75) is 44.0 Å². The summed E-state index contributed by atoms with van der Waals surface area (Å²) in [6.45, 7) is 4.31. The molecule has 0 spiro atoms. The molecule has 6 heteroatoms. The van der Waals surface area contributed by atoms with E-state index in [9.17, 15) is 8.42 Å². The van der Waals surface area contributed by atoms with Crippen LogP contribution in [-0.2, 0) is 10.0 Å². The van der Waals surface area contributed by atoms with Crippen molar-refractivity contribution in [3.05, 3.63) is 23.5 Å². The first-order valence-corrected chi connectivity index (χ1v) is 8.38. The molecule has 1 aromatic heterocycles. The largest absolute Gasteiger partial charge is 0.244 e. The number of sulfonamides is 1. The lowest BCUT2D eigenvalue weighted by Gasteiger charge is -2.32. The van der Waals surface area contributed by atoms with E-state index in [1.54, 1.807) is 0 Å². The maximum Gasteiger partial charge on any atom is 0.240 e. The minimum Gasteiger partial charge on any atom is -0.244 e. The van der Waals surface area contributed by atoms with E-state index >= 15 is 0 Å². The quantitative estimate of drug-likeness (QED) is 0.874. The molecule has 0 saturated heterocycles. The topological polar surface area (TPSA) is 59.1 Å². The first kappa shape index (κ1) is 14.8. The van der Waals surface area contributed by atoms with Gasteiger partial charge in [0.2, 0.25) is 10.0 Å². The average molecular weight is 303 g/mol. The fourth-order valence-corrected chi connectivity index (χ4v) is 4.29. The SMILES string of the molecule is CC1CCC(NS(=O)(=O)c2ccnc(Cl)c2)C(C)C1. The fourth-order valence-electron chi connectivity index (χ4n) is 2.66. The second-order valence-electron chi connectivity index (χ2n) is 5.44. The van der Waals surface area contributed by atoms with Crippen LogP contribution in [-0.4, -0.2) is 19.4 Å². The van der Waals surface area contributed by atoms with Crippen molar-refractivity contribution < 1.29 is 8.42 Å². The van der Waals surface area contributed by atoms with Crippen LogP contribution >= 0.6 is 11.6 Å². The van der Waals surface area contributed by atoms with E-state index in [0.29, 0.717) is 11.8 Å². The van der Waals surface area contributed by atoms with Crippen LogP contribution in [0.5, 0.6) is 0 Å². The molecule has 1 saturated carbocycles. The van der Waals surface area contributed by atoms with Crippen LogP contribution in [0.4, 0.5) is 0 Å². The molecular formula is C13H19ClN2O2S. The van der Waals surface area contributed by atoms with Crippen LogP contribution in [0.15, 0.2) is 23.2 Å². The lowest BCUT2D eigenvalue weighted by molar-refractivity contribution is 0.249. The number of pyridine rings is 1. The van der Waals surface area contributed by atoms with Crippen molar-refractivity contribution in [1.29, 1.82) is 0 Å². The van der Waals surface area contributed by atoms with Crippen LogP contribution < -0.4 is 4.72 Å². The first-order chi connectivity index (χ1) is 8.88. The molecule has 3 unspecified atom stereocenters. The number of rotatable bonds is 3. The summed E-state index contributed by atoms with van der Waals surface area (Å²) in [4.78, 5) is 3.98. The van der Waals surface area contributed by atoms with Gasteiger partial charge in [0, 0.05) is 12.2 Å². The summed E-state index contributed by atoms with van der Waals surface area (Å²) in [5.41, 5.74) is 0. The molecule has 0 bridgehead atoms. The molecule has 1 aromatic rings. The van der Waals surface area contributed by atoms with E-state index in [-0.39, 0.29) is 16.1 Å². The predicted octanol–water partition coefficient (Wildman–Crippen LogP) is 2.84. The Morgan fingerprint density at radius 1 is 1.37 bits per heavy atom. The number of hydrogen-bond acceptors (Lipinski definition) is 3. The zero-order chi connectivity index (χ0) is 14.0. The van der Waals surface area contributed by atoms with Crippen LogP contribution in [0.25, 0.3) is 0 Å². The van der Waals surface area contributed by atoms with Crippen LogP contribution in [0.1, 0.15) is 33.1 Å². The third-order valence-electron chi connectivity index (χ3n) is 3.75. The number of nitrogens with one attached hydrogen (secondary N) is 1. The monoisotopic (exact) mass is 302 g/mol. The number of aromatic nitrogens is 1. The first-order valence-electron chi connectivity index (χ1n) is 6.52. The van der Waals surface area contributed by atoms with E-state index in [2.05, 4.69) is 23.6 Å². The summed E-state index contributed by atoms with van der Waals surface area (Å²) in [5.74, 6) is 1.03. The molecule has 0 aliphatic heterocycles. The Labute approximate surface area is 119 Å². The van der Waals surface area contributed by atoms with Gasteiger partial charge in [0.05, 0.1) is 4.90 Å². The number of hydrogen-bond donors (Lipinski definition) is 1. The highest BCUT2D eigenvalue weighted by atomic mass is 35.5. The maximum absolute atomic E-state index is 12.3. The molecule has 0 aromatic carbocycles. The third kappa shape index (κ3) is 3.68. The Balaban J connectivity index is 2.13. The summed E-state index contributed by atoms with van der Waals surface area (Å²) in [6, 6.07) is 2.85. The maximum atomic E-state index is 12.3. The van der Waals surface area contributed by atoms with Crippen LogP contribution in [0.3, 0.4) is 0 Å². The van der Waals surface area contributed by atoms with Gasteiger partial charge in [-0.25, -0.2) is 18.1 Å². The van der Waals surface area contributed by atoms with Gasteiger partial charge in [0.1, 0.15) is 5.15 Å². The molecule has 3 atom stereocenters. The van der Waals surface area contributed by atoms with Crippen LogP contribution in [0.2, 0.25) is 5.15 Å². The van der Waals surface area contributed by atoms with E-state index in [1.165, 1.54) is 18.3 Å². The zero-order valence-corrected chi connectivity index (χ0v) is 12.7. The molecule has 1 aliphatic carbocycles. The zero-order valence-electron chi connectivity index (χ0n) is 11.1. The van der Waals surface area contributed by atoms with Gasteiger partial charge in [0.25, 0.3) is 0 Å². The van der Waals surface area contributed by atoms with Gasteiger partial charge in [-0.3, -0.25) is 0 Å². The minimum absolute atomic E-state index is 0.00754. The second kappa shape index (κ2) is 5.77. The highest BCUT2D eigenvalue weighted by Gasteiger charge is 2.29. The minimum atomic E-state index is -3.51. The third-order valence-corrected chi connectivity index (χ3v) is 5.44. The van der Waals surface area contributed by atoms with Gasteiger partial charge in [-0.15, -0.1) is 0 Å². The van der Waals surface area contributed by atoms with E-state index in [0.717, 1.165) is 19.3 Å². The van der Waals surface area contributed by atoms with Crippen molar-refractivity contribution in [2.24, 2.45) is 11.8 Å². The molecule has 1 heterocycles. The van der Waals surface area contributed by atoms with E-state index in [4.69, 9.17) is 11.6 Å². The van der Waals surface area contributed by atoms with Gasteiger partial charge < -0.3 is 0 Å². The van der Waals surface area contributed by atoms with E-state index < -0.39 is 10.0 Å². The predicted molar refractivity (Wildman–Crippen MR) is 75.5 cm³/mol. The molecule has 0 amide bonds. The van der Waals surface area contributed by atoms with Crippen molar-refractivity contribution in [3.8, 4) is 0 Å². The molecule has 1 N–H and O–H groups in total. The van der Waals surface area contributed by atoms with Crippen molar-refractivity contribution in [3.63, 3.8) is 0 Å². The van der Waals surface area contributed by atoms with Gasteiger partial charge >= 0.3 is 0 Å². The lowest BCUT2D eigenvalue weighted by Crippen LogP contribution is -2.42. The second-order valence-corrected chi connectivity index (χ2v) is 7.54. The average Bonchev–Trinajstić information content (AvgIpc) is 2.33. The van der Waals surface area contributed by atoms with Crippen molar-refractivity contribution in [2.75, 3.05) is 0 Å². The number of halogens is 1. The fraction of sp³-hybridized carbons (Fsp3) is 0.615. The van der Waals surface area contributed by atoms with Crippen LogP contribution in [0, 0.1) is 11.8 Å². The molecule has 2 rings (SSSR count). The van der Waals surface area contributed by atoms with Gasteiger partial charge in [-0.2, -0.15) is 0 Å². The molecule has 1 aliphatic rings. The Morgan fingerprint density at radius 3 is 2.74 bits per heavy atom. The van der Waals surface area contributed by atoms with Crippen molar-refractivity contribution >= 4 is 21.6 Å². The molecule has 106 valence electrons. The molecule has 19 heavy (non-hydrogen) atoms. The Morgan fingerprint density at radius 2 is 2.11 bits per heavy atom. The molecule has 4 nitrogen and oxygen atoms in total. The highest BCUT2D eigenvalue weighted by molar-refractivity contribution is 7.89. The Bertz CT molecular complexity index is 547.